The molecule has 0 aliphatic heterocycles. The van der Waals surface area contributed by atoms with Gasteiger partial charge in [-0.25, -0.2) is 0 Å². The summed E-state index contributed by atoms with van der Waals surface area (Å²) in [5, 5.41) is 12.7. The fourth-order valence-electron chi connectivity index (χ4n) is 1.47. The predicted octanol–water partition coefficient (Wildman–Crippen LogP) is 2.04. The highest BCUT2D eigenvalue weighted by Crippen LogP contribution is 2.21. The van der Waals surface area contributed by atoms with E-state index in [-0.39, 0.29) is 18.4 Å². The van der Waals surface area contributed by atoms with Crippen molar-refractivity contribution in [2.24, 2.45) is 0 Å². The highest BCUT2D eigenvalue weighted by molar-refractivity contribution is 7.08. The number of carbonyl (C=O) groups excluding carboxylic acids is 1. The molecule has 1 amide bonds. The number of amides is 1. The normalized spacial score (nSPS) is 10.3. The van der Waals surface area contributed by atoms with Gasteiger partial charge >= 0.3 is 0 Å². The van der Waals surface area contributed by atoms with E-state index in [0.717, 1.165) is 23.6 Å². The van der Waals surface area contributed by atoms with Crippen molar-refractivity contribution in [3.63, 3.8) is 0 Å². The van der Waals surface area contributed by atoms with Gasteiger partial charge in [0.2, 0.25) is 0 Å². The summed E-state index contributed by atoms with van der Waals surface area (Å²) in [4.78, 5) is 14.3. The minimum absolute atomic E-state index is 0.113. The largest absolute Gasteiger partial charge is 0.325 e. The molecule has 0 saturated carbocycles. The molecule has 1 rings (SSSR count). The second-order valence-electron chi connectivity index (χ2n) is 4.03. The lowest BCUT2D eigenvalue weighted by atomic mass is 10.1. The topological polar surface area (TPSA) is 69.9 Å². The zero-order valence-corrected chi connectivity index (χ0v) is 11.1. The van der Waals surface area contributed by atoms with E-state index in [4.69, 9.17) is 5.26 Å². The van der Waals surface area contributed by atoms with Crippen LogP contribution in [0.15, 0.2) is 0 Å². The summed E-state index contributed by atoms with van der Waals surface area (Å²) in [6.45, 7) is 6.62. The van der Waals surface area contributed by atoms with E-state index in [1.807, 2.05) is 26.8 Å². The van der Waals surface area contributed by atoms with Crippen LogP contribution in [0.25, 0.3) is 0 Å². The maximum Gasteiger partial charge on any atom is 0.268 e. The van der Waals surface area contributed by atoms with E-state index in [9.17, 15) is 4.79 Å². The number of aromatic nitrogens is 2. The summed E-state index contributed by atoms with van der Waals surface area (Å²) >= 11 is 1.10. The van der Waals surface area contributed by atoms with E-state index in [1.54, 1.807) is 4.90 Å². The summed E-state index contributed by atoms with van der Waals surface area (Å²) < 4.78 is 3.83. The third-order valence-corrected chi connectivity index (χ3v) is 3.03. The van der Waals surface area contributed by atoms with E-state index >= 15 is 0 Å². The molecule has 0 fully saturated rings. The summed E-state index contributed by atoms with van der Waals surface area (Å²) in [5.41, 5.74) is 0.721. The zero-order valence-electron chi connectivity index (χ0n) is 10.3. The van der Waals surface area contributed by atoms with Gasteiger partial charge in [0.05, 0.1) is 11.8 Å². The van der Waals surface area contributed by atoms with Gasteiger partial charge in [0.15, 0.2) is 0 Å². The van der Waals surface area contributed by atoms with Gasteiger partial charge < -0.3 is 4.90 Å². The Hall–Kier alpha value is -1.48. The quantitative estimate of drug-likeness (QED) is 0.752. The highest BCUT2D eigenvalue weighted by atomic mass is 32.1. The average molecular weight is 252 g/mol. The zero-order chi connectivity index (χ0) is 12.8. The van der Waals surface area contributed by atoms with Crippen LogP contribution in [-0.4, -0.2) is 33.5 Å². The van der Waals surface area contributed by atoms with Crippen molar-refractivity contribution in [2.45, 2.75) is 33.1 Å². The molecule has 0 spiro atoms. The fraction of sp³-hybridized carbons (Fsp3) is 0.636. The molecule has 6 heteroatoms. The first-order valence-electron chi connectivity index (χ1n) is 5.60. The average Bonchev–Trinajstić information content (AvgIpc) is 2.76. The first-order chi connectivity index (χ1) is 8.11. The second kappa shape index (κ2) is 6.30. The highest BCUT2D eigenvalue weighted by Gasteiger charge is 2.23. The number of hydrogen-bond donors (Lipinski definition) is 0. The molecule has 0 unspecified atom stereocenters. The first-order valence-corrected chi connectivity index (χ1v) is 6.37. The Morgan fingerprint density at radius 3 is 2.82 bits per heavy atom. The molecule has 92 valence electrons. The van der Waals surface area contributed by atoms with Crippen LogP contribution in [0.5, 0.6) is 0 Å². The molecule has 0 saturated heterocycles. The van der Waals surface area contributed by atoms with Crippen molar-refractivity contribution >= 4 is 17.4 Å². The van der Waals surface area contributed by atoms with Crippen LogP contribution in [0, 0.1) is 11.3 Å². The lowest BCUT2D eigenvalue weighted by Crippen LogP contribution is -2.32. The lowest BCUT2D eigenvalue weighted by molar-refractivity contribution is 0.0779. The Bertz CT molecular complexity index is 421. The van der Waals surface area contributed by atoms with Gasteiger partial charge in [0.1, 0.15) is 11.4 Å². The molecule has 1 aromatic rings. The SMILES string of the molecule is CCCN(CC#N)C(=O)c1snnc1C(C)C. The summed E-state index contributed by atoms with van der Waals surface area (Å²) in [5.74, 6) is 0.0327. The van der Waals surface area contributed by atoms with Crippen molar-refractivity contribution in [3.05, 3.63) is 10.6 Å². The number of rotatable bonds is 5. The summed E-state index contributed by atoms with van der Waals surface area (Å²) in [7, 11) is 0. The molecule has 0 aliphatic carbocycles. The van der Waals surface area contributed by atoms with Gasteiger partial charge in [-0.2, -0.15) is 5.26 Å². The number of nitriles is 1. The molecule has 0 aromatic carbocycles. The molecule has 0 bridgehead atoms. The number of carbonyl (C=O) groups is 1. The smallest absolute Gasteiger partial charge is 0.268 e. The van der Waals surface area contributed by atoms with Gasteiger partial charge in [-0.15, -0.1) is 5.10 Å². The maximum atomic E-state index is 12.2. The van der Waals surface area contributed by atoms with Crippen LogP contribution in [0.4, 0.5) is 0 Å². The Morgan fingerprint density at radius 1 is 1.59 bits per heavy atom. The summed E-state index contributed by atoms with van der Waals surface area (Å²) in [6, 6.07) is 2.01. The van der Waals surface area contributed by atoms with E-state index < -0.39 is 0 Å². The minimum atomic E-state index is -0.132. The molecule has 0 atom stereocenters. The Morgan fingerprint density at radius 2 is 2.29 bits per heavy atom. The molecular weight excluding hydrogens is 236 g/mol. The minimum Gasteiger partial charge on any atom is -0.325 e. The first kappa shape index (κ1) is 13.6. The number of nitrogens with zero attached hydrogens (tertiary/aromatic N) is 4. The molecule has 0 N–H and O–H groups in total. The van der Waals surface area contributed by atoms with Crippen molar-refractivity contribution in [1.29, 1.82) is 5.26 Å². The van der Waals surface area contributed by atoms with Gasteiger partial charge in [-0.1, -0.05) is 25.3 Å². The van der Waals surface area contributed by atoms with Gasteiger partial charge in [-0.05, 0) is 23.9 Å². The third-order valence-electron chi connectivity index (χ3n) is 2.30. The van der Waals surface area contributed by atoms with E-state index in [2.05, 4.69) is 9.59 Å². The third kappa shape index (κ3) is 3.24. The molecule has 1 aromatic heterocycles. The Kier molecular flexibility index (Phi) is 5.04. The molecule has 5 nitrogen and oxygen atoms in total. The van der Waals surface area contributed by atoms with E-state index in [1.165, 1.54) is 0 Å². The predicted molar refractivity (Wildman–Crippen MR) is 65.8 cm³/mol. The summed E-state index contributed by atoms with van der Waals surface area (Å²) in [6.07, 6.45) is 0.830. The molecule has 1 heterocycles. The molecule has 17 heavy (non-hydrogen) atoms. The van der Waals surface area contributed by atoms with Gasteiger partial charge in [0, 0.05) is 6.54 Å². The molecule has 0 aliphatic rings. The Labute approximate surface area is 105 Å². The van der Waals surface area contributed by atoms with Crippen LogP contribution in [0.3, 0.4) is 0 Å². The maximum absolute atomic E-state index is 12.2. The van der Waals surface area contributed by atoms with Crippen LogP contribution >= 0.6 is 11.5 Å². The van der Waals surface area contributed by atoms with Crippen LogP contribution in [0.2, 0.25) is 0 Å². The van der Waals surface area contributed by atoms with Crippen LogP contribution in [-0.2, 0) is 0 Å². The standard InChI is InChI=1S/C11H16N4OS/c1-4-6-15(7-5-12)11(16)10-9(8(2)3)13-14-17-10/h8H,4,6-7H2,1-3H3. The Balaban J connectivity index is 2.93. The van der Waals surface area contributed by atoms with Crippen LogP contribution in [0.1, 0.15) is 48.5 Å². The molecule has 0 radical (unpaired) electrons. The van der Waals surface area contributed by atoms with Crippen molar-refractivity contribution in [2.75, 3.05) is 13.1 Å². The van der Waals surface area contributed by atoms with Crippen molar-refractivity contribution in [3.8, 4) is 6.07 Å². The monoisotopic (exact) mass is 252 g/mol. The van der Waals surface area contributed by atoms with Crippen LogP contribution < -0.4 is 0 Å². The van der Waals surface area contributed by atoms with Crippen molar-refractivity contribution in [1.82, 2.24) is 14.5 Å². The number of hydrogen-bond acceptors (Lipinski definition) is 5. The second-order valence-corrected chi connectivity index (χ2v) is 4.78. The fourth-order valence-corrected chi connectivity index (χ4v) is 2.26. The van der Waals surface area contributed by atoms with Crippen molar-refractivity contribution < 1.29 is 4.79 Å². The lowest BCUT2D eigenvalue weighted by Gasteiger charge is -2.18. The van der Waals surface area contributed by atoms with Gasteiger partial charge in [-0.3, -0.25) is 4.79 Å². The molecular formula is C11H16N4OS. The van der Waals surface area contributed by atoms with Gasteiger partial charge in [0.25, 0.3) is 5.91 Å². The van der Waals surface area contributed by atoms with E-state index in [0.29, 0.717) is 11.4 Å².